The predicted molar refractivity (Wildman–Crippen MR) is 88.0 cm³/mol. The number of H-pyrrole nitrogens is 1. The second kappa shape index (κ2) is 6.02. The summed E-state index contributed by atoms with van der Waals surface area (Å²) in [4.78, 5) is 19.8. The minimum absolute atomic E-state index is 0.0650. The standard InChI is InChI=1S/C18H19N3O/c1-12-7-8-15(13(2)21-12)18(22)19-10-9-14-11-20-17-6-4-3-5-16(14)17/h3-8,11,20H,9-10H2,1-2H3,(H,19,22). The molecule has 22 heavy (non-hydrogen) atoms. The number of amides is 1. The molecule has 1 amide bonds. The van der Waals surface area contributed by atoms with Gasteiger partial charge in [-0.15, -0.1) is 0 Å². The Morgan fingerprint density at radius 3 is 2.82 bits per heavy atom. The maximum Gasteiger partial charge on any atom is 0.253 e. The van der Waals surface area contributed by atoms with E-state index < -0.39 is 0 Å². The fourth-order valence-electron chi connectivity index (χ4n) is 2.67. The number of pyridine rings is 1. The average molecular weight is 293 g/mol. The fourth-order valence-corrected chi connectivity index (χ4v) is 2.67. The highest BCUT2D eigenvalue weighted by atomic mass is 16.1. The van der Waals surface area contributed by atoms with Gasteiger partial charge in [-0.05, 0) is 44.0 Å². The van der Waals surface area contributed by atoms with Gasteiger partial charge in [0.2, 0.25) is 0 Å². The van der Waals surface area contributed by atoms with Crippen LogP contribution in [0.2, 0.25) is 0 Å². The van der Waals surface area contributed by atoms with Crippen LogP contribution in [0.5, 0.6) is 0 Å². The van der Waals surface area contributed by atoms with Crippen LogP contribution in [0.1, 0.15) is 27.3 Å². The lowest BCUT2D eigenvalue weighted by molar-refractivity contribution is 0.0953. The van der Waals surface area contributed by atoms with Gasteiger partial charge in [-0.3, -0.25) is 9.78 Å². The zero-order valence-corrected chi connectivity index (χ0v) is 12.8. The first-order valence-electron chi connectivity index (χ1n) is 7.42. The van der Waals surface area contributed by atoms with Gasteiger partial charge in [0.05, 0.1) is 11.3 Å². The van der Waals surface area contributed by atoms with E-state index in [0.717, 1.165) is 23.3 Å². The topological polar surface area (TPSA) is 57.8 Å². The summed E-state index contributed by atoms with van der Waals surface area (Å²) in [5.41, 5.74) is 4.68. The molecule has 112 valence electrons. The summed E-state index contributed by atoms with van der Waals surface area (Å²) in [6, 6.07) is 11.9. The lowest BCUT2D eigenvalue weighted by atomic mass is 10.1. The van der Waals surface area contributed by atoms with Gasteiger partial charge in [-0.25, -0.2) is 0 Å². The van der Waals surface area contributed by atoms with Gasteiger partial charge >= 0.3 is 0 Å². The minimum atomic E-state index is -0.0650. The molecule has 0 atom stereocenters. The number of hydrogen-bond acceptors (Lipinski definition) is 2. The average Bonchev–Trinajstić information content (AvgIpc) is 2.90. The Hall–Kier alpha value is -2.62. The van der Waals surface area contributed by atoms with E-state index in [1.54, 1.807) is 0 Å². The molecule has 0 aliphatic heterocycles. The third kappa shape index (κ3) is 2.86. The SMILES string of the molecule is Cc1ccc(C(=O)NCCc2c[nH]c3ccccc23)c(C)n1. The van der Waals surface area contributed by atoms with E-state index in [1.165, 1.54) is 10.9 Å². The van der Waals surface area contributed by atoms with Crippen molar-refractivity contribution in [1.29, 1.82) is 0 Å². The number of nitrogens with zero attached hydrogens (tertiary/aromatic N) is 1. The molecule has 2 N–H and O–H groups in total. The number of nitrogens with one attached hydrogen (secondary N) is 2. The molecular formula is C18H19N3O. The van der Waals surface area contributed by atoms with E-state index in [4.69, 9.17) is 0 Å². The van der Waals surface area contributed by atoms with Crippen LogP contribution in [0.25, 0.3) is 10.9 Å². The highest BCUT2D eigenvalue weighted by Crippen LogP contribution is 2.17. The molecule has 0 aliphatic rings. The van der Waals surface area contributed by atoms with Crippen LogP contribution in [-0.2, 0) is 6.42 Å². The smallest absolute Gasteiger partial charge is 0.253 e. The van der Waals surface area contributed by atoms with Gasteiger partial charge in [0, 0.05) is 29.3 Å². The zero-order chi connectivity index (χ0) is 15.5. The number of aromatic amines is 1. The number of hydrogen-bond donors (Lipinski definition) is 2. The Morgan fingerprint density at radius 2 is 2.00 bits per heavy atom. The van der Waals surface area contributed by atoms with Crippen LogP contribution in [0.3, 0.4) is 0 Å². The van der Waals surface area contributed by atoms with Gasteiger partial charge in [-0.1, -0.05) is 18.2 Å². The van der Waals surface area contributed by atoms with E-state index in [9.17, 15) is 4.79 Å². The number of rotatable bonds is 4. The third-order valence-corrected chi connectivity index (χ3v) is 3.82. The van der Waals surface area contributed by atoms with Crippen molar-refractivity contribution in [1.82, 2.24) is 15.3 Å². The number of benzene rings is 1. The van der Waals surface area contributed by atoms with Crippen molar-refractivity contribution in [3.8, 4) is 0 Å². The highest BCUT2D eigenvalue weighted by Gasteiger charge is 2.10. The molecular weight excluding hydrogens is 274 g/mol. The molecule has 2 heterocycles. The quantitative estimate of drug-likeness (QED) is 0.776. The Labute approximate surface area is 129 Å². The molecule has 0 radical (unpaired) electrons. The molecule has 1 aromatic carbocycles. The van der Waals surface area contributed by atoms with E-state index in [-0.39, 0.29) is 5.91 Å². The van der Waals surface area contributed by atoms with Gasteiger partial charge in [0.25, 0.3) is 5.91 Å². The maximum absolute atomic E-state index is 12.2. The molecule has 4 nitrogen and oxygen atoms in total. The Kier molecular flexibility index (Phi) is 3.92. The largest absolute Gasteiger partial charge is 0.361 e. The summed E-state index contributed by atoms with van der Waals surface area (Å²) in [5, 5.41) is 4.18. The number of para-hydroxylation sites is 1. The number of carbonyl (C=O) groups is 1. The number of aromatic nitrogens is 2. The van der Waals surface area contributed by atoms with E-state index >= 15 is 0 Å². The second-order valence-corrected chi connectivity index (χ2v) is 5.45. The van der Waals surface area contributed by atoms with Gasteiger partial charge in [0.15, 0.2) is 0 Å². The van der Waals surface area contributed by atoms with Crippen LogP contribution in [0, 0.1) is 13.8 Å². The van der Waals surface area contributed by atoms with Crippen molar-refractivity contribution in [2.75, 3.05) is 6.54 Å². The molecule has 0 spiro atoms. The molecule has 0 aliphatic carbocycles. The van der Waals surface area contributed by atoms with Crippen molar-refractivity contribution in [3.05, 3.63) is 65.1 Å². The molecule has 3 rings (SSSR count). The predicted octanol–water partition coefficient (Wildman–Crippen LogP) is 3.15. The lowest BCUT2D eigenvalue weighted by Crippen LogP contribution is -2.26. The summed E-state index contributed by atoms with van der Waals surface area (Å²) in [7, 11) is 0. The summed E-state index contributed by atoms with van der Waals surface area (Å²) in [5.74, 6) is -0.0650. The number of fused-ring (bicyclic) bond motifs is 1. The van der Waals surface area contributed by atoms with Crippen molar-refractivity contribution in [3.63, 3.8) is 0 Å². The molecule has 3 aromatic rings. The molecule has 0 saturated carbocycles. The minimum Gasteiger partial charge on any atom is -0.361 e. The Morgan fingerprint density at radius 1 is 1.18 bits per heavy atom. The molecule has 0 saturated heterocycles. The Bertz CT molecular complexity index is 820. The van der Waals surface area contributed by atoms with Gasteiger partial charge in [-0.2, -0.15) is 0 Å². The molecule has 0 fully saturated rings. The lowest BCUT2D eigenvalue weighted by Gasteiger charge is -2.07. The van der Waals surface area contributed by atoms with Crippen molar-refractivity contribution in [2.24, 2.45) is 0 Å². The first-order valence-corrected chi connectivity index (χ1v) is 7.42. The van der Waals surface area contributed by atoms with Crippen molar-refractivity contribution >= 4 is 16.8 Å². The third-order valence-electron chi connectivity index (χ3n) is 3.82. The second-order valence-electron chi connectivity index (χ2n) is 5.45. The van der Waals surface area contributed by atoms with Crippen LogP contribution < -0.4 is 5.32 Å². The molecule has 0 unspecified atom stereocenters. The highest BCUT2D eigenvalue weighted by molar-refractivity contribution is 5.95. The first kappa shape index (κ1) is 14.3. The monoisotopic (exact) mass is 293 g/mol. The molecule has 2 aromatic heterocycles. The van der Waals surface area contributed by atoms with Crippen LogP contribution in [0.4, 0.5) is 0 Å². The molecule has 0 bridgehead atoms. The van der Waals surface area contributed by atoms with E-state index in [1.807, 2.05) is 44.3 Å². The Balaban J connectivity index is 1.64. The van der Waals surface area contributed by atoms with Crippen LogP contribution >= 0.6 is 0 Å². The first-order chi connectivity index (χ1) is 10.6. The fraction of sp³-hybridized carbons (Fsp3) is 0.222. The summed E-state index contributed by atoms with van der Waals surface area (Å²) in [6.45, 7) is 4.39. The van der Waals surface area contributed by atoms with Crippen LogP contribution in [0.15, 0.2) is 42.6 Å². The summed E-state index contributed by atoms with van der Waals surface area (Å²) < 4.78 is 0. The normalized spacial score (nSPS) is 10.8. The van der Waals surface area contributed by atoms with Crippen molar-refractivity contribution < 1.29 is 4.79 Å². The van der Waals surface area contributed by atoms with Crippen molar-refractivity contribution in [2.45, 2.75) is 20.3 Å². The number of carbonyl (C=O) groups excluding carboxylic acids is 1. The van der Waals surface area contributed by atoms with Gasteiger partial charge < -0.3 is 10.3 Å². The van der Waals surface area contributed by atoms with Crippen LogP contribution in [-0.4, -0.2) is 22.4 Å². The van der Waals surface area contributed by atoms with E-state index in [0.29, 0.717) is 12.1 Å². The summed E-state index contributed by atoms with van der Waals surface area (Å²) in [6.07, 6.45) is 2.81. The maximum atomic E-state index is 12.2. The van der Waals surface area contributed by atoms with E-state index in [2.05, 4.69) is 27.4 Å². The zero-order valence-electron chi connectivity index (χ0n) is 12.8. The number of aryl methyl sites for hydroxylation is 2. The molecule has 4 heteroatoms. The van der Waals surface area contributed by atoms with Gasteiger partial charge in [0.1, 0.15) is 0 Å². The summed E-state index contributed by atoms with van der Waals surface area (Å²) >= 11 is 0.